The molecule has 1 rings (SSSR count). The van der Waals surface area contributed by atoms with Crippen LogP contribution in [-0.4, -0.2) is 12.5 Å². The Labute approximate surface area is 116 Å². The van der Waals surface area contributed by atoms with Gasteiger partial charge in [-0.1, -0.05) is 32.8 Å². The van der Waals surface area contributed by atoms with E-state index in [1.54, 1.807) is 6.07 Å². The number of primary amides is 1. The molecule has 0 aromatic heterocycles. The van der Waals surface area contributed by atoms with Crippen molar-refractivity contribution < 1.29 is 4.79 Å². The molecule has 0 saturated carbocycles. The topological polar surface area (TPSA) is 55.1 Å². The summed E-state index contributed by atoms with van der Waals surface area (Å²) in [6.07, 6.45) is 3.80. The van der Waals surface area contributed by atoms with E-state index >= 15 is 0 Å². The van der Waals surface area contributed by atoms with E-state index in [0.717, 1.165) is 24.6 Å². The highest BCUT2D eigenvalue weighted by Crippen LogP contribution is 2.11. The number of amides is 1. The van der Waals surface area contributed by atoms with Gasteiger partial charge in [-0.2, -0.15) is 0 Å². The van der Waals surface area contributed by atoms with Crippen molar-refractivity contribution in [3.63, 3.8) is 0 Å². The summed E-state index contributed by atoms with van der Waals surface area (Å²) >= 11 is 0. The summed E-state index contributed by atoms with van der Waals surface area (Å²) in [5.74, 6) is 0.430. The maximum absolute atomic E-state index is 11.1. The van der Waals surface area contributed by atoms with E-state index in [1.165, 1.54) is 24.8 Å². The predicted molar refractivity (Wildman–Crippen MR) is 80.1 cm³/mol. The Bertz CT molecular complexity index is 413. The molecule has 0 fully saturated rings. The van der Waals surface area contributed by atoms with Gasteiger partial charge in [-0.3, -0.25) is 4.79 Å². The number of carbonyl (C=O) groups is 1. The highest BCUT2D eigenvalue weighted by atomic mass is 16.1. The molecule has 0 aliphatic rings. The SMILES string of the molecule is Cc1cc(C(N)=O)ccc1CNCCCCC(C)C. The van der Waals surface area contributed by atoms with E-state index in [0.29, 0.717) is 5.56 Å². The normalized spacial score (nSPS) is 10.9. The van der Waals surface area contributed by atoms with Gasteiger partial charge in [0.1, 0.15) is 0 Å². The van der Waals surface area contributed by atoms with Gasteiger partial charge in [-0.15, -0.1) is 0 Å². The number of carbonyl (C=O) groups excluding carboxylic acids is 1. The van der Waals surface area contributed by atoms with Gasteiger partial charge < -0.3 is 11.1 Å². The Hall–Kier alpha value is -1.35. The fourth-order valence-electron chi connectivity index (χ4n) is 2.07. The minimum Gasteiger partial charge on any atom is -0.366 e. The monoisotopic (exact) mass is 262 g/mol. The number of nitrogens with two attached hydrogens (primary N) is 1. The van der Waals surface area contributed by atoms with Crippen LogP contribution in [0.3, 0.4) is 0 Å². The van der Waals surface area contributed by atoms with Crippen molar-refractivity contribution in [1.82, 2.24) is 5.32 Å². The summed E-state index contributed by atoms with van der Waals surface area (Å²) in [6, 6.07) is 5.64. The molecular weight excluding hydrogens is 236 g/mol. The Morgan fingerprint density at radius 3 is 2.63 bits per heavy atom. The van der Waals surface area contributed by atoms with Gasteiger partial charge in [0.15, 0.2) is 0 Å². The van der Waals surface area contributed by atoms with E-state index in [9.17, 15) is 4.79 Å². The molecule has 1 aromatic carbocycles. The lowest BCUT2D eigenvalue weighted by molar-refractivity contribution is 0.1000. The Morgan fingerprint density at radius 2 is 2.05 bits per heavy atom. The minimum absolute atomic E-state index is 0.365. The van der Waals surface area contributed by atoms with Crippen LogP contribution in [0.1, 0.15) is 54.6 Å². The fraction of sp³-hybridized carbons (Fsp3) is 0.562. The number of unbranched alkanes of at least 4 members (excludes halogenated alkanes) is 1. The molecular formula is C16H26N2O. The van der Waals surface area contributed by atoms with E-state index in [4.69, 9.17) is 5.73 Å². The van der Waals surface area contributed by atoms with Crippen molar-refractivity contribution in [3.8, 4) is 0 Å². The van der Waals surface area contributed by atoms with Crippen LogP contribution in [0, 0.1) is 12.8 Å². The fourth-order valence-corrected chi connectivity index (χ4v) is 2.07. The molecule has 106 valence electrons. The van der Waals surface area contributed by atoms with Gasteiger partial charge in [-0.25, -0.2) is 0 Å². The van der Waals surface area contributed by atoms with E-state index in [1.807, 2.05) is 19.1 Å². The van der Waals surface area contributed by atoms with E-state index in [2.05, 4.69) is 19.2 Å². The zero-order chi connectivity index (χ0) is 14.3. The third-order valence-corrected chi connectivity index (χ3v) is 3.33. The summed E-state index contributed by atoms with van der Waals surface area (Å²) in [4.78, 5) is 11.1. The Morgan fingerprint density at radius 1 is 1.32 bits per heavy atom. The number of rotatable bonds is 8. The molecule has 0 radical (unpaired) electrons. The van der Waals surface area contributed by atoms with Crippen LogP contribution in [0.15, 0.2) is 18.2 Å². The number of benzene rings is 1. The van der Waals surface area contributed by atoms with Crippen molar-refractivity contribution in [2.45, 2.75) is 46.6 Å². The van der Waals surface area contributed by atoms with E-state index in [-0.39, 0.29) is 5.91 Å². The molecule has 0 atom stereocenters. The molecule has 3 nitrogen and oxygen atoms in total. The van der Waals surface area contributed by atoms with Crippen LogP contribution in [0.25, 0.3) is 0 Å². The molecule has 1 amide bonds. The summed E-state index contributed by atoms with van der Waals surface area (Å²) in [5, 5.41) is 3.45. The molecule has 3 N–H and O–H groups in total. The number of nitrogens with one attached hydrogen (secondary N) is 1. The first-order valence-corrected chi connectivity index (χ1v) is 7.10. The van der Waals surface area contributed by atoms with Crippen molar-refractivity contribution in [2.24, 2.45) is 11.7 Å². The van der Waals surface area contributed by atoms with Gasteiger partial charge in [0.2, 0.25) is 5.91 Å². The molecule has 19 heavy (non-hydrogen) atoms. The van der Waals surface area contributed by atoms with E-state index < -0.39 is 0 Å². The molecule has 0 heterocycles. The van der Waals surface area contributed by atoms with Gasteiger partial charge in [0.05, 0.1) is 0 Å². The van der Waals surface area contributed by atoms with Crippen LogP contribution < -0.4 is 11.1 Å². The first-order valence-electron chi connectivity index (χ1n) is 7.10. The molecule has 1 aromatic rings. The molecule has 0 aliphatic carbocycles. The summed E-state index contributed by atoms with van der Waals surface area (Å²) in [7, 11) is 0. The number of hydrogen-bond donors (Lipinski definition) is 2. The molecule has 0 saturated heterocycles. The quantitative estimate of drug-likeness (QED) is 0.708. The molecule has 0 spiro atoms. The van der Waals surface area contributed by atoms with Crippen molar-refractivity contribution in [3.05, 3.63) is 34.9 Å². The van der Waals surface area contributed by atoms with Crippen LogP contribution in [-0.2, 0) is 6.54 Å². The van der Waals surface area contributed by atoms with Crippen LogP contribution in [0.5, 0.6) is 0 Å². The second-order valence-corrected chi connectivity index (χ2v) is 5.57. The standard InChI is InChI=1S/C16H26N2O/c1-12(2)6-4-5-9-18-11-15-8-7-14(16(17)19)10-13(15)3/h7-8,10,12,18H,4-6,9,11H2,1-3H3,(H2,17,19). The summed E-state index contributed by atoms with van der Waals surface area (Å²) < 4.78 is 0. The highest BCUT2D eigenvalue weighted by Gasteiger charge is 2.03. The molecule has 0 aliphatic heterocycles. The van der Waals surface area contributed by atoms with Crippen molar-refractivity contribution in [1.29, 1.82) is 0 Å². The highest BCUT2D eigenvalue weighted by molar-refractivity contribution is 5.93. The first kappa shape index (κ1) is 15.7. The lowest BCUT2D eigenvalue weighted by atomic mass is 10.0. The molecule has 3 heteroatoms. The van der Waals surface area contributed by atoms with Crippen molar-refractivity contribution in [2.75, 3.05) is 6.54 Å². The maximum Gasteiger partial charge on any atom is 0.248 e. The average Bonchev–Trinajstić information content (AvgIpc) is 2.34. The second kappa shape index (κ2) is 7.95. The molecule has 0 unspecified atom stereocenters. The second-order valence-electron chi connectivity index (χ2n) is 5.57. The zero-order valence-electron chi connectivity index (χ0n) is 12.3. The smallest absolute Gasteiger partial charge is 0.248 e. The van der Waals surface area contributed by atoms with Crippen LogP contribution in [0.2, 0.25) is 0 Å². The number of aryl methyl sites for hydroxylation is 1. The van der Waals surface area contributed by atoms with Gasteiger partial charge >= 0.3 is 0 Å². The third kappa shape index (κ3) is 5.88. The maximum atomic E-state index is 11.1. The van der Waals surface area contributed by atoms with Gasteiger partial charge in [-0.05, 0) is 49.1 Å². The van der Waals surface area contributed by atoms with Crippen LogP contribution in [0.4, 0.5) is 0 Å². The summed E-state index contributed by atoms with van der Waals surface area (Å²) in [6.45, 7) is 8.44. The number of hydrogen-bond acceptors (Lipinski definition) is 2. The largest absolute Gasteiger partial charge is 0.366 e. The zero-order valence-corrected chi connectivity index (χ0v) is 12.3. The van der Waals surface area contributed by atoms with Gasteiger partial charge in [0.25, 0.3) is 0 Å². The Balaban J connectivity index is 2.32. The summed E-state index contributed by atoms with van der Waals surface area (Å²) in [5.41, 5.74) is 8.19. The van der Waals surface area contributed by atoms with Crippen LogP contribution >= 0.6 is 0 Å². The van der Waals surface area contributed by atoms with Gasteiger partial charge in [0, 0.05) is 12.1 Å². The lowest BCUT2D eigenvalue weighted by Gasteiger charge is -2.09. The predicted octanol–water partition coefficient (Wildman–Crippen LogP) is 3.01. The average molecular weight is 262 g/mol. The first-order chi connectivity index (χ1) is 9.00. The molecule has 0 bridgehead atoms. The minimum atomic E-state index is -0.365. The van der Waals surface area contributed by atoms with Crippen molar-refractivity contribution >= 4 is 5.91 Å². The Kier molecular flexibility index (Phi) is 6.57. The third-order valence-electron chi connectivity index (χ3n) is 3.33. The lowest BCUT2D eigenvalue weighted by Crippen LogP contribution is -2.16.